The molecule has 0 aromatic heterocycles. The largest absolute Gasteiger partial charge is 0.444 e. The highest BCUT2D eigenvalue weighted by Crippen LogP contribution is 2.06. The standard InChI is InChI=1S/C10H20N2O3S/c1-5-11-8(13)7(6-16)12-9(14)15-10(2,3)4/h7,16H,5-6H2,1-4H3,(H,11,13)(H,12,14)/t7-/m0/s1. The summed E-state index contributed by atoms with van der Waals surface area (Å²) in [5.74, 6) is -0.0335. The van der Waals surface area contributed by atoms with Crippen LogP contribution in [0, 0.1) is 0 Å². The van der Waals surface area contributed by atoms with Crippen LogP contribution in [0.3, 0.4) is 0 Å². The van der Waals surface area contributed by atoms with E-state index in [0.29, 0.717) is 6.54 Å². The van der Waals surface area contributed by atoms with Crippen molar-refractivity contribution < 1.29 is 14.3 Å². The molecule has 0 saturated heterocycles. The van der Waals surface area contributed by atoms with E-state index in [4.69, 9.17) is 4.74 Å². The first-order valence-electron chi connectivity index (χ1n) is 5.18. The number of carbonyl (C=O) groups is 2. The summed E-state index contributed by atoms with van der Waals surface area (Å²) in [5.41, 5.74) is -0.577. The molecular weight excluding hydrogens is 228 g/mol. The summed E-state index contributed by atoms with van der Waals surface area (Å²) in [6.07, 6.45) is -0.613. The minimum atomic E-state index is -0.668. The lowest BCUT2D eigenvalue weighted by Gasteiger charge is -2.22. The number of likely N-dealkylation sites (N-methyl/N-ethyl adjacent to an activating group) is 1. The van der Waals surface area contributed by atoms with E-state index in [1.54, 1.807) is 27.7 Å². The number of carbonyl (C=O) groups excluding carboxylic acids is 2. The molecule has 16 heavy (non-hydrogen) atoms. The van der Waals surface area contributed by atoms with E-state index in [9.17, 15) is 9.59 Å². The molecule has 0 radical (unpaired) electrons. The van der Waals surface area contributed by atoms with Gasteiger partial charge >= 0.3 is 6.09 Å². The van der Waals surface area contributed by atoms with E-state index in [2.05, 4.69) is 23.3 Å². The third-order valence-corrected chi connectivity index (χ3v) is 1.91. The summed E-state index contributed by atoms with van der Waals surface area (Å²) >= 11 is 4.00. The second kappa shape index (κ2) is 6.62. The minimum Gasteiger partial charge on any atom is -0.444 e. The summed E-state index contributed by atoms with van der Waals surface area (Å²) in [5, 5.41) is 5.06. The molecule has 0 heterocycles. The molecule has 0 aliphatic heterocycles. The molecule has 5 nitrogen and oxygen atoms in total. The number of hydrogen-bond acceptors (Lipinski definition) is 4. The van der Waals surface area contributed by atoms with Gasteiger partial charge in [0.2, 0.25) is 5.91 Å². The number of hydrogen-bond donors (Lipinski definition) is 3. The second-order valence-corrected chi connectivity index (χ2v) is 4.64. The van der Waals surface area contributed by atoms with Gasteiger partial charge in [0.05, 0.1) is 0 Å². The van der Waals surface area contributed by atoms with Gasteiger partial charge in [-0.05, 0) is 27.7 Å². The minimum absolute atomic E-state index is 0.227. The van der Waals surface area contributed by atoms with E-state index in [1.807, 2.05) is 0 Å². The van der Waals surface area contributed by atoms with Crippen molar-refractivity contribution in [2.45, 2.75) is 39.3 Å². The van der Waals surface area contributed by atoms with Crippen molar-refractivity contribution in [3.63, 3.8) is 0 Å². The number of thiol groups is 1. The van der Waals surface area contributed by atoms with Crippen LogP contribution in [0.25, 0.3) is 0 Å². The predicted molar refractivity (Wildman–Crippen MR) is 65.7 cm³/mol. The van der Waals surface area contributed by atoms with E-state index in [-0.39, 0.29) is 11.7 Å². The molecule has 1 atom stereocenters. The van der Waals surface area contributed by atoms with E-state index < -0.39 is 17.7 Å². The summed E-state index contributed by atoms with van der Waals surface area (Å²) in [4.78, 5) is 22.8. The van der Waals surface area contributed by atoms with Gasteiger partial charge in [0.25, 0.3) is 0 Å². The summed E-state index contributed by atoms with van der Waals surface area (Å²) in [6, 6.07) is -0.668. The molecule has 0 saturated carbocycles. The number of ether oxygens (including phenoxy) is 1. The van der Waals surface area contributed by atoms with Crippen LogP contribution >= 0.6 is 12.6 Å². The lowest BCUT2D eigenvalue weighted by Crippen LogP contribution is -2.49. The average molecular weight is 248 g/mol. The summed E-state index contributed by atoms with van der Waals surface area (Å²) < 4.78 is 5.03. The normalized spacial score (nSPS) is 12.8. The molecule has 0 aromatic rings. The van der Waals surface area contributed by atoms with E-state index >= 15 is 0 Å². The maximum atomic E-state index is 11.4. The monoisotopic (exact) mass is 248 g/mol. The van der Waals surface area contributed by atoms with Gasteiger partial charge in [-0.2, -0.15) is 12.6 Å². The Hall–Kier alpha value is -0.910. The van der Waals surface area contributed by atoms with Crippen molar-refractivity contribution in [3.05, 3.63) is 0 Å². The molecule has 2 N–H and O–H groups in total. The third kappa shape index (κ3) is 6.55. The van der Waals surface area contributed by atoms with Gasteiger partial charge in [0, 0.05) is 12.3 Å². The Labute approximate surface area is 102 Å². The van der Waals surface area contributed by atoms with Crippen LogP contribution in [0.4, 0.5) is 4.79 Å². The molecule has 6 heteroatoms. The Morgan fingerprint density at radius 2 is 1.94 bits per heavy atom. The Balaban J connectivity index is 4.22. The molecule has 0 rings (SSSR count). The van der Waals surface area contributed by atoms with Gasteiger partial charge in [0.15, 0.2) is 0 Å². The maximum Gasteiger partial charge on any atom is 0.408 e. The van der Waals surface area contributed by atoms with Crippen LogP contribution in [-0.4, -0.2) is 35.9 Å². The van der Waals surface area contributed by atoms with Gasteiger partial charge in [-0.1, -0.05) is 0 Å². The van der Waals surface area contributed by atoms with Crippen molar-refractivity contribution >= 4 is 24.6 Å². The molecule has 0 aliphatic rings. The zero-order chi connectivity index (χ0) is 12.8. The molecule has 0 unspecified atom stereocenters. The summed E-state index contributed by atoms with van der Waals surface area (Å²) in [6.45, 7) is 7.59. The molecule has 0 spiro atoms. The van der Waals surface area contributed by atoms with Crippen molar-refractivity contribution in [1.29, 1.82) is 0 Å². The first kappa shape index (κ1) is 15.1. The van der Waals surface area contributed by atoms with Crippen LogP contribution in [0.15, 0.2) is 0 Å². The van der Waals surface area contributed by atoms with Crippen LogP contribution in [-0.2, 0) is 9.53 Å². The fourth-order valence-corrected chi connectivity index (χ4v) is 1.20. The lowest BCUT2D eigenvalue weighted by molar-refractivity contribution is -0.122. The number of alkyl carbamates (subject to hydrolysis) is 1. The highest BCUT2D eigenvalue weighted by molar-refractivity contribution is 7.80. The molecule has 0 fully saturated rings. The molecule has 0 aliphatic carbocycles. The first-order valence-corrected chi connectivity index (χ1v) is 5.81. The Morgan fingerprint density at radius 1 is 1.38 bits per heavy atom. The lowest BCUT2D eigenvalue weighted by atomic mass is 10.2. The second-order valence-electron chi connectivity index (χ2n) is 4.28. The van der Waals surface area contributed by atoms with Crippen LogP contribution in [0.1, 0.15) is 27.7 Å². The maximum absolute atomic E-state index is 11.4. The van der Waals surface area contributed by atoms with Crippen molar-refractivity contribution in [3.8, 4) is 0 Å². The fourth-order valence-electron chi connectivity index (χ4n) is 0.941. The molecule has 0 aromatic carbocycles. The fraction of sp³-hybridized carbons (Fsp3) is 0.800. The predicted octanol–water partition coefficient (Wildman–Crippen LogP) is 0.946. The summed E-state index contributed by atoms with van der Waals surface area (Å²) in [7, 11) is 0. The molecule has 2 amide bonds. The van der Waals surface area contributed by atoms with Crippen LogP contribution in [0.2, 0.25) is 0 Å². The van der Waals surface area contributed by atoms with Gasteiger partial charge < -0.3 is 15.4 Å². The third-order valence-electron chi connectivity index (χ3n) is 1.54. The molecule has 94 valence electrons. The molecule has 0 bridgehead atoms. The Kier molecular flexibility index (Phi) is 6.25. The van der Waals surface area contributed by atoms with Crippen LogP contribution in [0.5, 0.6) is 0 Å². The van der Waals surface area contributed by atoms with Gasteiger partial charge in [-0.15, -0.1) is 0 Å². The van der Waals surface area contributed by atoms with Gasteiger partial charge in [-0.3, -0.25) is 4.79 Å². The Morgan fingerprint density at radius 3 is 2.31 bits per heavy atom. The van der Waals surface area contributed by atoms with Crippen LogP contribution < -0.4 is 10.6 Å². The smallest absolute Gasteiger partial charge is 0.408 e. The van der Waals surface area contributed by atoms with Crippen molar-refractivity contribution in [1.82, 2.24) is 10.6 Å². The number of rotatable bonds is 4. The van der Waals surface area contributed by atoms with Crippen molar-refractivity contribution in [2.75, 3.05) is 12.3 Å². The highest BCUT2D eigenvalue weighted by atomic mass is 32.1. The zero-order valence-corrected chi connectivity index (χ0v) is 11.1. The highest BCUT2D eigenvalue weighted by Gasteiger charge is 2.22. The number of amides is 2. The van der Waals surface area contributed by atoms with E-state index in [1.165, 1.54) is 0 Å². The van der Waals surface area contributed by atoms with Gasteiger partial charge in [-0.25, -0.2) is 4.79 Å². The molecular formula is C10H20N2O3S. The van der Waals surface area contributed by atoms with Gasteiger partial charge in [0.1, 0.15) is 11.6 Å². The SMILES string of the molecule is CCNC(=O)[C@H](CS)NC(=O)OC(C)(C)C. The van der Waals surface area contributed by atoms with Crippen molar-refractivity contribution in [2.24, 2.45) is 0 Å². The topological polar surface area (TPSA) is 67.4 Å². The quantitative estimate of drug-likeness (QED) is 0.649. The zero-order valence-electron chi connectivity index (χ0n) is 10.2. The Bertz CT molecular complexity index is 251. The van der Waals surface area contributed by atoms with E-state index in [0.717, 1.165) is 0 Å². The first-order chi connectivity index (χ1) is 7.30. The average Bonchev–Trinajstić information content (AvgIpc) is 2.11. The number of nitrogens with one attached hydrogen (secondary N) is 2.